The maximum Gasteiger partial charge on any atom is 0.323 e. The minimum atomic E-state index is -0.472. The minimum absolute atomic E-state index is 0.321. The first-order valence-corrected chi connectivity index (χ1v) is 6.14. The van der Waals surface area contributed by atoms with E-state index in [4.69, 9.17) is 15.7 Å². The molecule has 21 heavy (non-hydrogen) atoms. The number of hydrogen-bond acceptors (Lipinski definition) is 4. The van der Waals surface area contributed by atoms with Gasteiger partial charge < -0.3 is 21.1 Å². The van der Waals surface area contributed by atoms with Crippen LogP contribution in [0.1, 0.15) is 5.56 Å². The van der Waals surface area contributed by atoms with Crippen molar-refractivity contribution in [1.82, 2.24) is 0 Å². The van der Waals surface area contributed by atoms with E-state index in [9.17, 15) is 4.79 Å². The van der Waals surface area contributed by atoms with Gasteiger partial charge in [-0.25, -0.2) is 4.79 Å². The maximum atomic E-state index is 12.0. The van der Waals surface area contributed by atoms with Crippen molar-refractivity contribution in [2.24, 2.45) is 0 Å². The number of para-hydroxylation sites is 1. The Labute approximate surface area is 122 Å². The monoisotopic (exact) mass is 282 g/mol. The molecule has 0 saturated heterocycles. The zero-order valence-corrected chi connectivity index (χ0v) is 11.4. The van der Waals surface area contributed by atoms with Crippen LogP contribution < -0.4 is 21.1 Å². The molecule has 2 aromatic carbocycles. The van der Waals surface area contributed by atoms with Crippen molar-refractivity contribution >= 4 is 23.1 Å². The fraction of sp³-hybridized carbons (Fsp3) is 0.0667. The van der Waals surface area contributed by atoms with Crippen LogP contribution in [0.4, 0.5) is 21.9 Å². The van der Waals surface area contributed by atoms with Crippen LogP contribution in [0.25, 0.3) is 0 Å². The molecule has 106 valence electrons. The van der Waals surface area contributed by atoms with Gasteiger partial charge in [0.2, 0.25) is 0 Å². The van der Waals surface area contributed by atoms with Crippen LogP contribution >= 0.6 is 0 Å². The highest BCUT2D eigenvalue weighted by atomic mass is 16.5. The number of nitriles is 1. The zero-order valence-electron chi connectivity index (χ0n) is 11.4. The van der Waals surface area contributed by atoms with Crippen molar-refractivity contribution in [2.75, 3.05) is 23.5 Å². The molecular formula is C15H14N4O2. The molecule has 0 aliphatic rings. The molecule has 0 unspecified atom stereocenters. The Hall–Kier alpha value is -3.20. The van der Waals surface area contributed by atoms with Gasteiger partial charge in [-0.05, 0) is 36.4 Å². The number of methoxy groups -OCH3 is 1. The number of carbonyl (C=O) groups is 1. The van der Waals surface area contributed by atoms with E-state index in [1.54, 1.807) is 42.5 Å². The molecule has 6 heteroatoms. The minimum Gasteiger partial charge on any atom is -0.495 e. The van der Waals surface area contributed by atoms with Crippen LogP contribution in [0.2, 0.25) is 0 Å². The standard InChI is InChI=1S/C15H14N4O2/c1-21-13-4-2-3-10(9-16)14(13)19-15(20)18-12-7-5-11(17)6-8-12/h2-8H,17H2,1H3,(H2,18,19,20). The Balaban J connectivity index is 2.16. The largest absolute Gasteiger partial charge is 0.495 e. The van der Waals surface area contributed by atoms with Gasteiger partial charge in [-0.15, -0.1) is 0 Å². The van der Waals surface area contributed by atoms with Gasteiger partial charge in [-0.2, -0.15) is 5.26 Å². The Morgan fingerprint density at radius 2 is 1.90 bits per heavy atom. The number of carbonyl (C=O) groups excluding carboxylic acids is 1. The van der Waals surface area contributed by atoms with Gasteiger partial charge in [0.25, 0.3) is 0 Å². The van der Waals surface area contributed by atoms with E-state index < -0.39 is 6.03 Å². The third kappa shape index (κ3) is 3.42. The quantitative estimate of drug-likeness (QED) is 0.753. The number of rotatable bonds is 3. The molecule has 2 aromatic rings. The number of nitrogens with one attached hydrogen (secondary N) is 2. The van der Waals surface area contributed by atoms with Crippen LogP contribution in [0.15, 0.2) is 42.5 Å². The summed E-state index contributed by atoms with van der Waals surface area (Å²) >= 11 is 0. The summed E-state index contributed by atoms with van der Waals surface area (Å²) in [7, 11) is 1.47. The molecule has 6 nitrogen and oxygen atoms in total. The molecule has 2 rings (SSSR count). The summed E-state index contributed by atoms with van der Waals surface area (Å²) < 4.78 is 5.14. The molecule has 0 spiro atoms. The van der Waals surface area contributed by atoms with Gasteiger partial charge >= 0.3 is 6.03 Å². The third-order valence-electron chi connectivity index (χ3n) is 2.77. The van der Waals surface area contributed by atoms with Gasteiger partial charge in [0.05, 0.1) is 12.7 Å². The van der Waals surface area contributed by atoms with Gasteiger partial charge in [0, 0.05) is 11.4 Å². The summed E-state index contributed by atoms with van der Waals surface area (Å²) in [5.41, 5.74) is 7.43. The van der Waals surface area contributed by atoms with Crippen LogP contribution in [0, 0.1) is 11.3 Å². The van der Waals surface area contributed by atoms with E-state index in [1.807, 2.05) is 6.07 Å². The summed E-state index contributed by atoms with van der Waals surface area (Å²) in [5, 5.41) is 14.3. The number of anilines is 3. The number of ether oxygens (including phenoxy) is 1. The summed E-state index contributed by atoms with van der Waals surface area (Å²) in [6.45, 7) is 0. The highest BCUT2D eigenvalue weighted by Gasteiger charge is 2.12. The molecule has 0 heterocycles. The van der Waals surface area contributed by atoms with Crippen LogP contribution in [-0.2, 0) is 0 Å². The Morgan fingerprint density at radius 1 is 1.19 bits per heavy atom. The fourth-order valence-electron chi connectivity index (χ4n) is 1.77. The summed E-state index contributed by atoms with van der Waals surface area (Å²) in [6, 6.07) is 13.2. The van der Waals surface area contributed by atoms with E-state index >= 15 is 0 Å². The molecule has 0 bridgehead atoms. The lowest BCUT2D eigenvalue weighted by molar-refractivity contribution is 0.262. The third-order valence-corrected chi connectivity index (χ3v) is 2.77. The van der Waals surface area contributed by atoms with E-state index in [2.05, 4.69) is 10.6 Å². The van der Waals surface area contributed by atoms with Crippen LogP contribution in [0.3, 0.4) is 0 Å². The average Bonchev–Trinajstić information content (AvgIpc) is 2.49. The van der Waals surface area contributed by atoms with E-state index in [0.717, 1.165) is 0 Å². The van der Waals surface area contributed by atoms with Crippen LogP contribution in [-0.4, -0.2) is 13.1 Å². The van der Waals surface area contributed by atoms with Crippen molar-refractivity contribution in [3.05, 3.63) is 48.0 Å². The topological polar surface area (TPSA) is 100 Å². The maximum absolute atomic E-state index is 12.0. The predicted molar refractivity (Wildman–Crippen MR) is 81.2 cm³/mol. The lowest BCUT2D eigenvalue weighted by atomic mass is 10.2. The van der Waals surface area contributed by atoms with Crippen molar-refractivity contribution in [3.63, 3.8) is 0 Å². The predicted octanol–water partition coefficient (Wildman–Crippen LogP) is 2.79. The van der Waals surface area contributed by atoms with E-state index in [-0.39, 0.29) is 0 Å². The lowest BCUT2D eigenvalue weighted by Crippen LogP contribution is -2.20. The molecule has 0 radical (unpaired) electrons. The summed E-state index contributed by atoms with van der Waals surface area (Å²) in [5.74, 6) is 0.418. The number of benzene rings is 2. The smallest absolute Gasteiger partial charge is 0.323 e. The molecule has 2 amide bonds. The molecule has 4 N–H and O–H groups in total. The second kappa shape index (κ2) is 6.30. The van der Waals surface area contributed by atoms with Crippen molar-refractivity contribution in [3.8, 4) is 11.8 Å². The number of nitrogens with two attached hydrogens (primary N) is 1. The number of amides is 2. The van der Waals surface area contributed by atoms with Gasteiger partial charge in [0.1, 0.15) is 17.5 Å². The molecule has 0 saturated carbocycles. The Bertz CT molecular complexity index is 690. The Kier molecular flexibility index (Phi) is 4.26. The molecule has 0 atom stereocenters. The first-order valence-electron chi connectivity index (χ1n) is 6.14. The number of nitrogen functional groups attached to an aromatic ring is 1. The first kappa shape index (κ1) is 14.2. The highest BCUT2D eigenvalue weighted by Crippen LogP contribution is 2.27. The van der Waals surface area contributed by atoms with Crippen molar-refractivity contribution in [1.29, 1.82) is 5.26 Å². The second-order valence-electron chi connectivity index (χ2n) is 4.20. The normalized spacial score (nSPS) is 9.52. The Morgan fingerprint density at radius 3 is 2.52 bits per heavy atom. The summed E-state index contributed by atoms with van der Waals surface area (Å²) in [4.78, 5) is 12.0. The number of nitrogens with zero attached hydrogens (tertiary/aromatic N) is 1. The molecule has 0 aliphatic carbocycles. The molecule has 0 fully saturated rings. The molecule has 0 aliphatic heterocycles. The van der Waals surface area contributed by atoms with E-state index in [1.165, 1.54) is 7.11 Å². The van der Waals surface area contributed by atoms with Crippen molar-refractivity contribution < 1.29 is 9.53 Å². The summed E-state index contributed by atoms with van der Waals surface area (Å²) in [6.07, 6.45) is 0. The van der Waals surface area contributed by atoms with Gasteiger partial charge in [-0.3, -0.25) is 0 Å². The fourth-order valence-corrected chi connectivity index (χ4v) is 1.77. The van der Waals surface area contributed by atoms with Gasteiger partial charge in [-0.1, -0.05) is 6.07 Å². The zero-order chi connectivity index (χ0) is 15.2. The number of hydrogen-bond donors (Lipinski definition) is 3. The second-order valence-corrected chi connectivity index (χ2v) is 4.20. The van der Waals surface area contributed by atoms with Crippen molar-refractivity contribution in [2.45, 2.75) is 0 Å². The first-order chi connectivity index (χ1) is 10.1. The van der Waals surface area contributed by atoms with E-state index in [0.29, 0.717) is 28.4 Å². The highest BCUT2D eigenvalue weighted by molar-refractivity contribution is 6.01. The lowest BCUT2D eigenvalue weighted by Gasteiger charge is -2.12. The number of urea groups is 1. The van der Waals surface area contributed by atoms with Crippen LogP contribution in [0.5, 0.6) is 5.75 Å². The SMILES string of the molecule is COc1cccc(C#N)c1NC(=O)Nc1ccc(N)cc1. The van der Waals surface area contributed by atoms with Gasteiger partial charge in [0.15, 0.2) is 0 Å². The molecule has 0 aromatic heterocycles. The average molecular weight is 282 g/mol. The molecular weight excluding hydrogens is 268 g/mol.